The largest absolute Gasteiger partial charge is 0.343 e. The summed E-state index contributed by atoms with van der Waals surface area (Å²) in [5.41, 5.74) is 0. The molecule has 0 spiro atoms. The second-order valence-electron chi connectivity index (χ2n) is 3.48. The van der Waals surface area contributed by atoms with Crippen LogP contribution in [0.2, 0.25) is 0 Å². The van der Waals surface area contributed by atoms with Crippen molar-refractivity contribution in [3.05, 3.63) is 5.82 Å². The first kappa shape index (κ1) is 12.9. The van der Waals surface area contributed by atoms with E-state index in [1.165, 1.54) is 11.5 Å². The third-order valence-electron chi connectivity index (χ3n) is 2.47. The molecule has 15 heavy (non-hydrogen) atoms. The number of anilines is 1. The average molecular weight is 292 g/mol. The third kappa shape index (κ3) is 3.41. The lowest BCUT2D eigenvalue weighted by Gasteiger charge is -2.29. The molecule has 1 aromatic rings. The molecule has 5 heteroatoms. The van der Waals surface area contributed by atoms with Gasteiger partial charge in [0.25, 0.3) is 0 Å². The van der Waals surface area contributed by atoms with Crippen LogP contribution in [0.3, 0.4) is 0 Å². The molecule has 0 aliphatic rings. The van der Waals surface area contributed by atoms with Crippen molar-refractivity contribution in [3.63, 3.8) is 0 Å². The predicted molar refractivity (Wildman–Crippen MR) is 70.2 cm³/mol. The molecule has 0 saturated carbocycles. The topological polar surface area (TPSA) is 29.0 Å². The maximum absolute atomic E-state index is 4.46. The predicted octanol–water partition coefficient (Wildman–Crippen LogP) is 3.24. The maximum Gasteiger partial charge on any atom is 0.205 e. The lowest BCUT2D eigenvalue weighted by molar-refractivity contribution is 0.567. The highest BCUT2D eigenvalue weighted by Gasteiger charge is 2.18. The summed E-state index contributed by atoms with van der Waals surface area (Å²) in [6.07, 6.45) is 2.31. The monoisotopic (exact) mass is 291 g/mol. The summed E-state index contributed by atoms with van der Waals surface area (Å²) < 4.78 is 4.24. The second kappa shape index (κ2) is 6.43. The molecule has 0 amide bonds. The van der Waals surface area contributed by atoms with Crippen molar-refractivity contribution < 1.29 is 0 Å². The Balaban J connectivity index is 2.81. The van der Waals surface area contributed by atoms with Crippen LogP contribution in [-0.2, 0) is 0 Å². The molecule has 86 valence electrons. The summed E-state index contributed by atoms with van der Waals surface area (Å²) in [7, 11) is 0. The fraction of sp³-hybridized carbons (Fsp3) is 0.800. The van der Waals surface area contributed by atoms with Gasteiger partial charge in [0.2, 0.25) is 5.13 Å². The van der Waals surface area contributed by atoms with Gasteiger partial charge in [-0.2, -0.15) is 4.37 Å². The Morgan fingerprint density at radius 1 is 1.40 bits per heavy atom. The van der Waals surface area contributed by atoms with Crippen LogP contribution in [0.25, 0.3) is 0 Å². The summed E-state index contributed by atoms with van der Waals surface area (Å²) in [6, 6.07) is 0.579. The zero-order valence-electron chi connectivity index (χ0n) is 9.53. The van der Waals surface area contributed by atoms with Gasteiger partial charge in [0.1, 0.15) is 5.82 Å². The minimum atomic E-state index is 0.579. The molecule has 0 aliphatic heterocycles. The van der Waals surface area contributed by atoms with Crippen molar-refractivity contribution in [3.8, 4) is 0 Å². The number of halogens is 1. The van der Waals surface area contributed by atoms with E-state index in [0.717, 1.165) is 35.7 Å². The summed E-state index contributed by atoms with van der Waals surface area (Å²) in [5, 5.41) is 2.03. The Bertz CT molecular complexity index is 286. The normalized spacial score (nSPS) is 11.0. The number of aryl methyl sites for hydroxylation is 1. The van der Waals surface area contributed by atoms with Crippen LogP contribution in [-0.4, -0.2) is 27.3 Å². The first-order valence-corrected chi connectivity index (χ1v) is 7.25. The number of alkyl halides is 1. The summed E-state index contributed by atoms with van der Waals surface area (Å²) in [6.45, 7) is 7.40. The van der Waals surface area contributed by atoms with Crippen molar-refractivity contribution in [2.24, 2.45) is 0 Å². The molecule has 1 rings (SSSR count). The first-order valence-electron chi connectivity index (χ1n) is 5.35. The van der Waals surface area contributed by atoms with Gasteiger partial charge in [-0.1, -0.05) is 29.8 Å². The van der Waals surface area contributed by atoms with E-state index in [-0.39, 0.29) is 0 Å². The van der Waals surface area contributed by atoms with Crippen molar-refractivity contribution in [2.75, 3.05) is 16.8 Å². The van der Waals surface area contributed by atoms with E-state index in [2.05, 4.69) is 44.0 Å². The summed E-state index contributed by atoms with van der Waals surface area (Å²) >= 11 is 5.00. The average Bonchev–Trinajstić information content (AvgIpc) is 2.65. The maximum atomic E-state index is 4.46. The van der Waals surface area contributed by atoms with Crippen LogP contribution < -0.4 is 4.90 Å². The lowest BCUT2D eigenvalue weighted by atomic mass is 10.1. The quantitative estimate of drug-likeness (QED) is 0.754. The molecule has 0 unspecified atom stereocenters. The molecular weight excluding hydrogens is 274 g/mol. The van der Waals surface area contributed by atoms with Gasteiger partial charge >= 0.3 is 0 Å². The lowest BCUT2D eigenvalue weighted by Crippen LogP contribution is -2.35. The van der Waals surface area contributed by atoms with E-state index in [1.807, 2.05) is 6.92 Å². The highest BCUT2D eigenvalue weighted by Crippen LogP contribution is 2.22. The minimum absolute atomic E-state index is 0.579. The van der Waals surface area contributed by atoms with Gasteiger partial charge in [0.05, 0.1) is 0 Å². The number of hydrogen-bond acceptors (Lipinski definition) is 4. The zero-order chi connectivity index (χ0) is 11.3. The Morgan fingerprint density at radius 3 is 2.47 bits per heavy atom. The van der Waals surface area contributed by atoms with Gasteiger partial charge in [-0.15, -0.1) is 0 Å². The van der Waals surface area contributed by atoms with Gasteiger partial charge in [-0.25, -0.2) is 4.98 Å². The highest BCUT2D eigenvalue weighted by molar-refractivity contribution is 9.09. The van der Waals surface area contributed by atoms with Crippen LogP contribution >= 0.6 is 27.5 Å². The first-order chi connectivity index (χ1) is 7.22. The Hall–Kier alpha value is -0.160. The van der Waals surface area contributed by atoms with E-state index in [4.69, 9.17) is 0 Å². The molecule has 0 fully saturated rings. The molecule has 0 N–H and O–H groups in total. The van der Waals surface area contributed by atoms with Crippen molar-refractivity contribution in [2.45, 2.75) is 39.7 Å². The van der Waals surface area contributed by atoms with E-state index in [9.17, 15) is 0 Å². The molecule has 0 bridgehead atoms. The van der Waals surface area contributed by atoms with E-state index >= 15 is 0 Å². The number of aromatic nitrogens is 2. The Labute approximate surface area is 104 Å². The third-order valence-corrected chi connectivity index (χ3v) is 3.67. The van der Waals surface area contributed by atoms with Crippen LogP contribution in [0, 0.1) is 6.92 Å². The van der Waals surface area contributed by atoms with Crippen molar-refractivity contribution in [1.29, 1.82) is 0 Å². The smallest absolute Gasteiger partial charge is 0.205 e. The second-order valence-corrected chi connectivity index (χ2v) is 5.00. The van der Waals surface area contributed by atoms with E-state index < -0.39 is 0 Å². The Morgan fingerprint density at radius 2 is 2.07 bits per heavy atom. The van der Waals surface area contributed by atoms with Crippen molar-refractivity contribution >= 4 is 32.6 Å². The molecular formula is C10H18BrN3S. The van der Waals surface area contributed by atoms with Gasteiger partial charge in [0, 0.05) is 29.4 Å². The number of rotatable bonds is 6. The molecule has 0 saturated heterocycles. The molecule has 0 radical (unpaired) electrons. The summed E-state index contributed by atoms with van der Waals surface area (Å²) in [4.78, 5) is 6.82. The van der Waals surface area contributed by atoms with Crippen LogP contribution in [0.4, 0.5) is 5.13 Å². The standard InChI is InChI=1S/C10H18BrN3S/c1-4-9(5-2)14(7-6-11)10-12-8(3)13-15-10/h9H,4-7H2,1-3H3. The zero-order valence-corrected chi connectivity index (χ0v) is 11.9. The minimum Gasteiger partial charge on any atom is -0.343 e. The molecule has 3 nitrogen and oxygen atoms in total. The summed E-state index contributed by atoms with van der Waals surface area (Å²) in [5.74, 6) is 0.875. The van der Waals surface area contributed by atoms with Crippen molar-refractivity contribution in [1.82, 2.24) is 9.36 Å². The molecule has 1 heterocycles. The molecule has 0 atom stereocenters. The number of nitrogens with zero attached hydrogens (tertiary/aromatic N) is 3. The Kier molecular flexibility index (Phi) is 5.53. The SMILES string of the molecule is CCC(CC)N(CCBr)c1nc(C)ns1. The van der Waals surface area contributed by atoms with Crippen LogP contribution in [0.15, 0.2) is 0 Å². The molecule has 0 aromatic carbocycles. The van der Waals surface area contributed by atoms with Gasteiger partial charge in [-0.3, -0.25) is 0 Å². The van der Waals surface area contributed by atoms with E-state index in [1.54, 1.807) is 0 Å². The van der Waals surface area contributed by atoms with Gasteiger partial charge in [-0.05, 0) is 19.8 Å². The van der Waals surface area contributed by atoms with Gasteiger partial charge < -0.3 is 4.90 Å². The highest BCUT2D eigenvalue weighted by atomic mass is 79.9. The fourth-order valence-electron chi connectivity index (χ4n) is 1.66. The van der Waals surface area contributed by atoms with Gasteiger partial charge in [0.15, 0.2) is 0 Å². The van der Waals surface area contributed by atoms with Crippen LogP contribution in [0.1, 0.15) is 32.5 Å². The molecule has 1 aromatic heterocycles. The van der Waals surface area contributed by atoms with Crippen LogP contribution in [0.5, 0.6) is 0 Å². The molecule has 0 aliphatic carbocycles. The van der Waals surface area contributed by atoms with E-state index in [0.29, 0.717) is 6.04 Å². The number of hydrogen-bond donors (Lipinski definition) is 0. The fourth-order valence-corrected chi connectivity index (χ4v) is 2.81.